The topological polar surface area (TPSA) is 95.5 Å². The largest absolute Gasteiger partial charge is 0.506 e. The molecular weight excluding hydrogens is 418 g/mol. The number of nitrogens with zero attached hydrogens (tertiary/aromatic N) is 2. The summed E-state index contributed by atoms with van der Waals surface area (Å²) in [4.78, 5) is 34.1. The quantitative estimate of drug-likeness (QED) is 0.422. The van der Waals surface area contributed by atoms with Crippen LogP contribution in [-0.4, -0.2) is 40.6 Å². The van der Waals surface area contributed by atoms with Gasteiger partial charge in [-0.2, -0.15) is 0 Å². The van der Waals surface area contributed by atoms with Crippen molar-refractivity contribution in [2.45, 2.75) is 33.1 Å². The number of phenolic OH excluding ortho intramolecular Hbond substituents is 1. The van der Waals surface area contributed by atoms with Crippen LogP contribution in [-0.2, 0) is 11.2 Å². The number of carbonyl (C=O) groups excluding carboxylic acids is 2. The van der Waals surface area contributed by atoms with Gasteiger partial charge in [-0.3, -0.25) is 9.78 Å². The summed E-state index contributed by atoms with van der Waals surface area (Å²) >= 11 is 0. The number of unbranched alkanes of at least 4 members (excludes halogenated alkanes) is 1. The number of para-hydroxylation sites is 1. The molecule has 3 heterocycles. The van der Waals surface area contributed by atoms with E-state index in [1.165, 1.54) is 26.1 Å². The molecule has 0 unspecified atom stereocenters. The first-order valence-electron chi connectivity index (χ1n) is 11.1. The lowest BCUT2D eigenvalue weighted by atomic mass is 10.0. The van der Waals surface area contributed by atoms with Gasteiger partial charge in [0.2, 0.25) is 0 Å². The van der Waals surface area contributed by atoms with E-state index in [0.717, 1.165) is 16.5 Å². The molecule has 7 heteroatoms. The summed E-state index contributed by atoms with van der Waals surface area (Å²) < 4.78 is 4.77. The third kappa shape index (κ3) is 4.14. The molecule has 0 fully saturated rings. The highest BCUT2D eigenvalue weighted by Crippen LogP contribution is 2.39. The number of aromatic amines is 1. The van der Waals surface area contributed by atoms with E-state index < -0.39 is 5.97 Å². The fraction of sp³-hybridized carbons (Fsp3) is 0.269. The summed E-state index contributed by atoms with van der Waals surface area (Å²) in [5.74, 6) is -0.706. The fourth-order valence-corrected chi connectivity index (χ4v) is 3.94. The number of carbonyl (C=O) groups is 2. The maximum Gasteiger partial charge on any atom is 0.339 e. The van der Waals surface area contributed by atoms with Gasteiger partial charge in [0.05, 0.1) is 18.4 Å². The average molecular weight is 446 g/mol. The number of benzene rings is 2. The van der Waals surface area contributed by atoms with Crippen LogP contribution in [0.3, 0.4) is 0 Å². The Hall–Kier alpha value is -3.87. The summed E-state index contributed by atoms with van der Waals surface area (Å²) in [7, 11) is 1.31. The lowest BCUT2D eigenvalue weighted by Gasteiger charge is -2.17. The summed E-state index contributed by atoms with van der Waals surface area (Å²) in [6, 6.07) is 12.7. The number of hydrogen-bond donors (Lipinski definition) is 2. The van der Waals surface area contributed by atoms with Crippen molar-refractivity contribution in [3.8, 4) is 5.75 Å². The number of aromatic hydroxyl groups is 1. The molecule has 5 rings (SSSR count). The van der Waals surface area contributed by atoms with E-state index in [2.05, 4.69) is 23.8 Å². The third-order valence-electron chi connectivity index (χ3n) is 5.84. The average Bonchev–Trinajstić information content (AvgIpc) is 3.47. The Bertz CT molecular complexity index is 1310. The van der Waals surface area contributed by atoms with E-state index >= 15 is 0 Å². The molecule has 0 bridgehead atoms. The van der Waals surface area contributed by atoms with E-state index in [1.54, 1.807) is 17.0 Å². The molecule has 1 aliphatic rings. The molecule has 0 aliphatic carbocycles. The van der Waals surface area contributed by atoms with Crippen molar-refractivity contribution in [1.29, 1.82) is 0 Å². The predicted octanol–water partition coefficient (Wildman–Crippen LogP) is 5.22. The zero-order chi connectivity index (χ0) is 23.5. The number of anilines is 1. The van der Waals surface area contributed by atoms with Gasteiger partial charge in [-0.05, 0) is 30.2 Å². The summed E-state index contributed by atoms with van der Waals surface area (Å²) in [5, 5.41) is 12.1. The summed E-state index contributed by atoms with van der Waals surface area (Å²) in [6.45, 7) is 4.84. The number of pyridine rings is 1. The van der Waals surface area contributed by atoms with Crippen LogP contribution in [0.25, 0.3) is 21.8 Å². The van der Waals surface area contributed by atoms with Crippen LogP contribution in [0.4, 0.5) is 5.69 Å². The lowest BCUT2D eigenvalue weighted by Crippen LogP contribution is -2.29. The summed E-state index contributed by atoms with van der Waals surface area (Å²) in [6.07, 6.45) is 4.62. The minimum atomic E-state index is -0.500. The second-order valence-corrected chi connectivity index (χ2v) is 7.98. The smallest absolute Gasteiger partial charge is 0.339 e. The number of fused-ring (bicyclic) bond motifs is 4. The molecule has 1 aliphatic heterocycles. The molecule has 7 nitrogen and oxygen atoms in total. The summed E-state index contributed by atoms with van der Waals surface area (Å²) in [5.41, 5.74) is 3.58. The molecular formula is C26H27N3O4. The van der Waals surface area contributed by atoms with E-state index in [-0.39, 0.29) is 11.7 Å². The molecule has 0 saturated carbocycles. The molecule has 1 amide bonds. The SMILES string of the molecule is CCCC.COC(=O)c1cnc2c(O)cc3c(c2c1)CCN3C(=O)c1cc2ccccc2[nH]1. The van der Waals surface area contributed by atoms with Crippen molar-refractivity contribution in [2.75, 3.05) is 18.6 Å². The monoisotopic (exact) mass is 445 g/mol. The minimum absolute atomic E-state index is 0.0356. The predicted molar refractivity (Wildman–Crippen MR) is 129 cm³/mol. The van der Waals surface area contributed by atoms with Gasteiger partial charge in [0.1, 0.15) is 17.0 Å². The maximum absolute atomic E-state index is 13.2. The maximum atomic E-state index is 13.2. The van der Waals surface area contributed by atoms with Crippen molar-refractivity contribution in [1.82, 2.24) is 9.97 Å². The number of methoxy groups -OCH3 is 1. The Balaban J connectivity index is 0.000000601. The highest BCUT2D eigenvalue weighted by atomic mass is 16.5. The van der Waals surface area contributed by atoms with Crippen molar-refractivity contribution in [2.24, 2.45) is 0 Å². The Kier molecular flexibility index (Phi) is 6.31. The van der Waals surface area contributed by atoms with Crippen molar-refractivity contribution in [3.05, 3.63) is 65.5 Å². The molecule has 2 aromatic heterocycles. The zero-order valence-electron chi connectivity index (χ0n) is 19.0. The van der Waals surface area contributed by atoms with Gasteiger partial charge in [-0.15, -0.1) is 0 Å². The molecule has 4 aromatic rings. The second kappa shape index (κ2) is 9.32. The highest BCUT2D eigenvalue weighted by Gasteiger charge is 2.29. The van der Waals surface area contributed by atoms with E-state index in [0.29, 0.717) is 40.8 Å². The number of ether oxygens (including phenoxy) is 1. The Morgan fingerprint density at radius 2 is 1.91 bits per heavy atom. The number of hydrogen-bond acceptors (Lipinski definition) is 5. The second-order valence-electron chi connectivity index (χ2n) is 7.98. The Labute approximate surface area is 192 Å². The number of aromatic nitrogens is 2. The first kappa shape index (κ1) is 22.3. The van der Waals surface area contributed by atoms with E-state index in [1.807, 2.05) is 30.3 Å². The Morgan fingerprint density at radius 1 is 1.15 bits per heavy atom. The number of phenols is 1. The van der Waals surface area contributed by atoms with Crippen LogP contribution in [0.15, 0.2) is 48.7 Å². The number of amides is 1. The lowest BCUT2D eigenvalue weighted by molar-refractivity contribution is 0.0600. The van der Waals surface area contributed by atoms with Crippen molar-refractivity contribution < 1.29 is 19.4 Å². The van der Waals surface area contributed by atoms with Gasteiger partial charge < -0.3 is 19.7 Å². The molecule has 33 heavy (non-hydrogen) atoms. The third-order valence-corrected chi connectivity index (χ3v) is 5.84. The minimum Gasteiger partial charge on any atom is -0.506 e. The molecule has 2 N–H and O–H groups in total. The molecule has 0 spiro atoms. The standard InChI is InChI=1S/C22H17N3O4.C4H10/c1-29-22(28)13-8-15-14-6-7-25(18(14)10-19(26)20(15)23-11-13)21(27)17-9-12-4-2-3-5-16(12)24-17;1-3-4-2/h2-5,8-11,24,26H,6-7H2,1H3;3-4H2,1-2H3. The van der Waals surface area contributed by atoms with Crippen LogP contribution in [0, 0.1) is 0 Å². The number of nitrogens with one attached hydrogen (secondary N) is 1. The molecule has 2 aromatic carbocycles. The normalized spacial score (nSPS) is 12.4. The number of rotatable bonds is 3. The van der Waals surface area contributed by atoms with Gasteiger partial charge in [0.15, 0.2) is 0 Å². The van der Waals surface area contributed by atoms with Crippen LogP contribution < -0.4 is 4.90 Å². The molecule has 0 saturated heterocycles. The van der Waals surface area contributed by atoms with Crippen LogP contribution in [0.1, 0.15) is 53.1 Å². The van der Waals surface area contributed by atoms with Crippen molar-refractivity contribution in [3.63, 3.8) is 0 Å². The van der Waals surface area contributed by atoms with E-state index in [4.69, 9.17) is 4.74 Å². The highest BCUT2D eigenvalue weighted by molar-refractivity contribution is 6.11. The number of H-pyrrole nitrogens is 1. The van der Waals surface area contributed by atoms with E-state index in [9.17, 15) is 14.7 Å². The van der Waals surface area contributed by atoms with Gasteiger partial charge in [0.25, 0.3) is 5.91 Å². The van der Waals surface area contributed by atoms with Gasteiger partial charge >= 0.3 is 5.97 Å². The molecule has 0 radical (unpaired) electrons. The molecule has 0 atom stereocenters. The van der Waals surface area contributed by atoms with Gasteiger partial charge in [-0.1, -0.05) is 44.9 Å². The van der Waals surface area contributed by atoms with Crippen molar-refractivity contribution >= 4 is 39.4 Å². The first-order valence-corrected chi connectivity index (χ1v) is 11.1. The fourth-order valence-electron chi connectivity index (χ4n) is 3.94. The van der Waals surface area contributed by atoms with Gasteiger partial charge in [0, 0.05) is 35.1 Å². The van der Waals surface area contributed by atoms with Crippen LogP contribution >= 0.6 is 0 Å². The van der Waals surface area contributed by atoms with Crippen LogP contribution in [0.5, 0.6) is 5.75 Å². The Morgan fingerprint density at radius 3 is 2.61 bits per heavy atom. The first-order chi connectivity index (χ1) is 16.0. The van der Waals surface area contributed by atoms with Crippen LogP contribution in [0.2, 0.25) is 0 Å². The van der Waals surface area contributed by atoms with Gasteiger partial charge in [-0.25, -0.2) is 4.79 Å². The molecule has 170 valence electrons. The zero-order valence-corrected chi connectivity index (χ0v) is 19.0. The number of esters is 1.